The monoisotopic (exact) mass is 260 g/mol. The van der Waals surface area contributed by atoms with E-state index in [9.17, 15) is 4.79 Å². The number of hydrogen-bond acceptors (Lipinski definition) is 3. The minimum atomic E-state index is -0.975. The normalized spacial score (nSPS) is 26.9. The van der Waals surface area contributed by atoms with Crippen LogP contribution in [0.3, 0.4) is 0 Å². The lowest BCUT2D eigenvalue weighted by Crippen LogP contribution is -2.29. The maximum absolute atomic E-state index is 11.6. The van der Waals surface area contributed by atoms with Gasteiger partial charge >= 0.3 is 0 Å². The van der Waals surface area contributed by atoms with Gasteiger partial charge in [-0.3, -0.25) is 4.79 Å². The van der Waals surface area contributed by atoms with E-state index in [2.05, 4.69) is 10.5 Å². The van der Waals surface area contributed by atoms with Crippen LogP contribution in [0.15, 0.2) is 27.9 Å². The molecule has 0 saturated heterocycles. The molecule has 1 aliphatic rings. The lowest BCUT2D eigenvalue weighted by Gasteiger charge is -2.08. The summed E-state index contributed by atoms with van der Waals surface area (Å²) in [5.74, 6) is 0.268. The summed E-state index contributed by atoms with van der Waals surface area (Å²) in [4.78, 5) is 11.6. The Kier molecular flexibility index (Phi) is 2.72. The SMILES string of the molecule is CC1(C(=O)N/N=C/c2ccco2)CC1(Cl)Cl. The third kappa shape index (κ3) is 1.95. The van der Waals surface area contributed by atoms with Crippen LogP contribution in [0.25, 0.3) is 0 Å². The van der Waals surface area contributed by atoms with Crippen molar-refractivity contribution >= 4 is 35.3 Å². The van der Waals surface area contributed by atoms with Gasteiger partial charge in [-0.05, 0) is 25.5 Å². The van der Waals surface area contributed by atoms with Crippen LogP contribution in [0, 0.1) is 5.41 Å². The molecule has 1 aliphatic carbocycles. The molecule has 0 aromatic carbocycles. The second kappa shape index (κ2) is 3.79. The lowest BCUT2D eigenvalue weighted by atomic mass is 10.1. The first-order valence-electron chi connectivity index (χ1n) is 4.70. The number of halogens is 2. The molecule has 0 bridgehead atoms. The summed E-state index contributed by atoms with van der Waals surface area (Å²) in [6.07, 6.45) is 3.37. The number of hydrazone groups is 1. The Balaban J connectivity index is 1.90. The standard InChI is InChI=1S/C10H10Cl2N2O2/c1-9(6-10(9,11)12)8(15)14-13-5-7-3-2-4-16-7/h2-5H,6H2,1H3,(H,14,15)/b13-5+. The number of amides is 1. The molecule has 86 valence electrons. The molecule has 2 rings (SSSR count). The van der Waals surface area contributed by atoms with Crippen LogP contribution in [0.1, 0.15) is 19.1 Å². The number of furan rings is 1. The van der Waals surface area contributed by atoms with Gasteiger partial charge in [-0.15, -0.1) is 23.2 Å². The predicted molar refractivity (Wildman–Crippen MR) is 61.6 cm³/mol. The molecule has 1 aromatic rings. The number of carbonyl (C=O) groups is 1. The molecule has 4 nitrogen and oxygen atoms in total. The number of nitrogens with one attached hydrogen (secondary N) is 1. The molecular weight excluding hydrogens is 251 g/mol. The maximum atomic E-state index is 11.6. The summed E-state index contributed by atoms with van der Waals surface area (Å²) >= 11 is 11.7. The molecule has 1 N–H and O–H groups in total. The van der Waals surface area contributed by atoms with Crippen molar-refractivity contribution in [3.8, 4) is 0 Å². The van der Waals surface area contributed by atoms with Crippen molar-refractivity contribution in [2.75, 3.05) is 0 Å². The number of hydrogen-bond donors (Lipinski definition) is 1. The quantitative estimate of drug-likeness (QED) is 0.515. The van der Waals surface area contributed by atoms with Gasteiger partial charge in [0.25, 0.3) is 0 Å². The van der Waals surface area contributed by atoms with E-state index in [1.165, 1.54) is 12.5 Å². The van der Waals surface area contributed by atoms with Crippen molar-refractivity contribution < 1.29 is 9.21 Å². The highest BCUT2D eigenvalue weighted by Gasteiger charge is 2.68. The Morgan fingerprint density at radius 3 is 2.88 bits per heavy atom. The molecule has 0 radical (unpaired) electrons. The van der Waals surface area contributed by atoms with Gasteiger partial charge in [-0.25, -0.2) is 5.43 Å². The number of nitrogens with zero attached hydrogens (tertiary/aromatic N) is 1. The van der Waals surface area contributed by atoms with Crippen LogP contribution < -0.4 is 5.43 Å². The Hall–Kier alpha value is -1.000. The molecule has 1 unspecified atom stereocenters. The van der Waals surface area contributed by atoms with E-state index in [4.69, 9.17) is 27.6 Å². The highest BCUT2D eigenvalue weighted by molar-refractivity contribution is 6.53. The summed E-state index contributed by atoms with van der Waals surface area (Å²) in [7, 11) is 0. The number of alkyl halides is 2. The molecule has 0 spiro atoms. The van der Waals surface area contributed by atoms with Crippen LogP contribution in [-0.2, 0) is 4.79 Å². The zero-order valence-electron chi connectivity index (χ0n) is 8.54. The summed E-state index contributed by atoms with van der Waals surface area (Å²) in [5, 5.41) is 3.75. The first-order chi connectivity index (χ1) is 7.46. The van der Waals surface area contributed by atoms with E-state index in [-0.39, 0.29) is 5.91 Å². The molecule has 0 aliphatic heterocycles. The average Bonchev–Trinajstić information content (AvgIpc) is 2.64. The summed E-state index contributed by atoms with van der Waals surface area (Å²) in [6.45, 7) is 1.70. The largest absolute Gasteiger partial charge is 0.463 e. The molecule has 1 fully saturated rings. The highest BCUT2D eigenvalue weighted by Crippen LogP contribution is 2.63. The van der Waals surface area contributed by atoms with E-state index in [1.807, 2.05) is 0 Å². The molecule has 1 heterocycles. The molecule has 1 amide bonds. The smallest absolute Gasteiger partial charge is 0.249 e. The summed E-state index contributed by atoms with van der Waals surface area (Å²) in [5.41, 5.74) is 1.63. The third-order valence-corrected chi connectivity index (χ3v) is 3.76. The van der Waals surface area contributed by atoms with Gasteiger partial charge < -0.3 is 4.42 Å². The van der Waals surface area contributed by atoms with Gasteiger partial charge in [-0.2, -0.15) is 5.10 Å². The molecule has 6 heteroatoms. The minimum Gasteiger partial charge on any atom is -0.463 e. The zero-order chi connectivity index (χ0) is 11.8. The molecule has 1 aromatic heterocycles. The fourth-order valence-corrected chi connectivity index (χ4v) is 2.00. The van der Waals surface area contributed by atoms with Crippen LogP contribution in [0.4, 0.5) is 0 Å². The zero-order valence-corrected chi connectivity index (χ0v) is 10.0. The van der Waals surface area contributed by atoms with Gasteiger partial charge in [0.05, 0.1) is 17.9 Å². The van der Waals surface area contributed by atoms with Crippen molar-refractivity contribution in [2.45, 2.75) is 17.7 Å². The van der Waals surface area contributed by atoms with E-state index in [0.29, 0.717) is 12.2 Å². The molecule has 16 heavy (non-hydrogen) atoms. The topological polar surface area (TPSA) is 54.6 Å². The number of carbonyl (C=O) groups excluding carboxylic acids is 1. The Bertz CT molecular complexity index is 428. The van der Waals surface area contributed by atoms with Crippen molar-refractivity contribution in [1.82, 2.24) is 5.43 Å². The van der Waals surface area contributed by atoms with E-state index in [1.54, 1.807) is 19.1 Å². The van der Waals surface area contributed by atoms with Crippen LogP contribution >= 0.6 is 23.2 Å². The Morgan fingerprint density at radius 1 is 1.69 bits per heavy atom. The first kappa shape index (κ1) is 11.5. The van der Waals surface area contributed by atoms with Crippen molar-refractivity contribution in [1.29, 1.82) is 0 Å². The molecule has 1 atom stereocenters. The van der Waals surface area contributed by atoms with Gasteiger partial charge in [0.1, 0.15) is 10.1 Å². The van der Waals surface area contributed by atoms with Gasteiger partial charge in [0, 0.05) is 0 Å². The third-order valence-electron chi connectivity index (χ3n) is 2.66. The van der Waals surface area contributed by atoms with Crippen LogP contribution in [0.5, 0.6) is 0 Å². The van der Waals surface area contributed by atoms with Gasteiger partial charge in [0.15, 0.2) is 0 Å². The fourth-order valence-electron chi connectivity index (χ4n) is 1.29. The van der Waals surface area contributed by atoms with Crippen LogP contribution in [0.2, 0.25) is 0 Å². The molecular formula is C10H10Cl2N2O2. The van der Waals surface area contributed by atoms with E-state index < -0.39 is 9.75 Å². The average molecular weight is 261 g/mol. The Morgan fingerprint density at radius 2 is 2.38 bits per heavy atom. The summed E-state index contributed by atoms with van der Waals surface area (Å²) < 4.78 is 4.03. The molecule has 1 saturated carbocycles. The second-order valence-electron chi connectivity index (χ2n) is 3.93. The van der Waals surface area contributed by atoms with Crippen molar-refractivity contribution in [3.63, 3.8) is 0 Å². The predicted octanol–water partition coefficient (Wildman–Crippen LogP) is 2.31. The lowest BCUT2D eigenvalue weighted by molar-refractivity contribution is -0.125. The highest BCUT2D eigenvalue weighted by atomic mass is 35.5. The fraction of sp³-hybridized carbons (Fsp3) is 0.400. The van der Waals surface area contributed by atoms with E-state index >= 15 is 0 Å². The summed E-state index contributed by atoms with van der Waals surface area (Å²) in [6, 6.07) is 3.45. The first-order valence-corrected chi connectivity index (χ1v) is 5.46. The Labute approximate surface area is 103 Å². The van der Waals surface area contributed by atoms with E-state index in [0.717, 1.165) is 0 Å². The van der Waals surface area contributed by atoms with Crippen molar-refractivity contribution in [2.24, 2.45) is 10.5 Å². The van der Waals surface area contributed by atoms with Crippen molar-refractivity contribution in [3.05, 3.63) is 24.2 Å². The van der Waals surface area contributed by atoms with Crippen LogP contribution in [-0.4, -0.2) is 16.5 Å². The maximum Gasteiger partial charge on any atom is 0.249 e. The number of rotatable bonds is 3. The second-order valence-corrected chi connectivity index (χ2v) is 5.41. The minimum absolute atomic E-state index is 0.291. The van der Waals surface area contributed by atoms with Gasteiger partial charge in [0.2, 0.25) is 5.91 Å². The van der Waals surface area contributed by atoms with Gasteiger partial charge in [-0.1, -0.05) is 0 Å².